The molecule has 0 saturated carbocycles. The van der Waals surface area contributed by atoms with Crippen LogP contribution in [0.1, 0.15) is 17.3 Å². The van der Waals surface area contributed by atoms with Crippen molar-refractivity contribution in [1.82, 2.24) is 0 Å². The molecular formula is C14H15NO2. The van der Waals surface area contributed by atoms with E-state index in [2.05, 4.69) is 5.32 Å². The van der Waals surface area contributed by atoms with Gasteiger partial charge in [-0.15, -0.1) is 0 Å². The molecule has 0 aromatic rings. The van der Waals surface area contributed by atoms with Crippen molar-refractivity contribution in [2.45, 2.75) is 6.92 Å². The summed E-state index contributed by atoms with van der Waals surface area (Å²) in [5.41, 5.74) is 3.85. The van der Waals surface area contributed by atoms with Gasteiger partial charge >= 0.3 is 5.97 Å². The first kappa shape index (κ1) is 11.5. The molecule has 0 unspecified atom stereocenters. The molecule has 0 fully saturated rings. The van der Waals surface area contributed by atoms with E-state index >= 15 is 0 Å². The lowest BCUT2D eigenvalue weighted by molar-refractivity contribution is 0.0526. The van der Waals surface area contributed by atoms with Crippen LogP contribution in [-0.2, 0) is 4.74 Å². The fourth-order valence-corrected chi connectivity index (χ4v) is 1.74. The largest absolute Gasteiger partial charge is 0.462 e. The minimum absolute atomic E-state index is 0.279. The zero-order valence-electron chi connectivity index (χ0n) is 9.99. The van der Waals surface area contributed by atoms with Gasteiger partial charge in [0.15, 0.2) is 0 Å². The highest BCUT2D eigenvalue weighted by atomic mass is 16.5. The summed E-state index contributed by atoms with van der Waals surface area (Å²) in [6.45, 7) is 2.20. The SMILES string of the molecule is CCOC(=O)c1ccc2cc(NC)cc-2cc1. The Kier molecular flexibility index (Phi) is 3.28. The fraction of sp³-hybridized carbons (Fsp3) is 0.214. The highest BCUT2D eigenvalue weighted by molar-refractivity contribution is 5.90. The first-order chi connectivity index (χ1) is 8.24. The molecular weight excluding hydrogens is 214 g/mol. The number of rotatable bonds is 3. The number of hydrogen-bond acceptors (Lipinski definition) is 3. The van der Waals surface area contributed by atoms with E-state index in [0.717, 1.165) is 16.8 Å². The predicted molar refractivity (Wildman–Crippen MR) is 68.6 cm³/mol. The van der Waals surface area contributed by atoms with Crippen LogP contribution in [0.25, 0.3) is 11.1 Å². The second-order valence-corrected chi connectivity index (χ2v) is 3.75. The van der Waals surface area contributed by atoms with Crippen molar-refractivity contribution >= 4 is 11.7 Å². The lowest BCUT2D eigenvalue weighted by Crippen LogP contribution is -2.02. The molecule has 0 amide bonds. The van der Waals surface area contributed by atoms with Gasteiger partial charge in [-0.3, -0.25) is 0 Å². The summed E-state index contributed by atoms with van der Waals surface area (Å²) in [7, 11) is 1.89. The number of anilines is 1. The molecule has 88 valence electrons. The van der Waals surface area contributed by atoms with Crippen LogP contribution in [-0.4, -0.2) is 19.6 Å². The van der Waals surface area contributed by atoms with Gasteiger partial charge in [0, 0.05) is 12.7 Å². The molecule has 2 aliphatic carbocycles. The molecule has 0 aromatic heterocycles. The number of carbonyl (C=O) groups excluding carboxylic acids is 1. The fourth-order valence-electron chi connectivity index (χ4n) is 1.74. The van der Waals surface area contributed by atoms with Gasteiger partial charge in [0.1, 0.15) is 0 Å². The summed E-state index contributed by atoms with van der Waals surface area (Å²) in [5.74, 6) is -0.279. The smallest absolute Gasteiger partial charge is 0.338 e. The van der Waals surface area contributed by atoms with Gasteiger partial charge in [0.05, 0.1) is 12.2 Å². The second kappa shape index (κ2) is 4.87. The maximum absolute atomic E-state index is 11.6. The zero-order chi connectivity index (χ0) is 12.3. The predicted octanol–water partition coefficient (Wildman–Crippen LogP) is 3.01. The van der Waals surface area contributed by atoms with Crippen LogP contribution in [0.5, 0.6) is 0 Å². The Hall–Kier alpha value is -2.03. The van der Waals surface area contributed by atoms with Gasteiger partial charge in [0.25, 0.3) is 0 Å². The summed E-state index contributed by atoms with van der Waals surface area (Å²) in [5, 5.41) is 3.09. The van der Waals surface area contributed by atoms with Crippen LogP contribution in [0.2, 0.25) is 0 Å². The molecule has 0 heterocycles. The first-order valence-electron chi connectivity index (χ1n) is 5.63. The third-order valence-electron chi connectivity index (χ3n) is 2.64. The third-order valence-corrected chi connectivity index (χ3v) is 2.64. The summed E-state index contributed by atoms with van der Waals surface area (Å²) in [6, 6.07) is 11.5. The summed E-state index contributed by atoms with van der Waals surface area (Å²) in [6.07, 6.45) is 0. The van der Waals surface area contributed by atoms with Gasteiger partial charge in [-0.05, 0) is 42.3 Å². The van der Waals surface area contributed by atoms with E-state index in [1.807, 2.05) is 31.3 Å². The standard InChI is InChI=1S/C14H15NO2/c1-3-17-14(16)10-4-6-11-8-13(15-2)9-12(11)7-5-10/h4-9,15H,3H2,1-2H3. The maximum Gasteiger partial charge on any atom is 0.338 e. The highest BCUT2D eigenvalue weighted by Gasteiger charge is 2.08. The van der Waals surface area contributed by atoms with Crippen molar-refractivity contribution < 1.29 is 9.53 Å². The monoisotopic (exact) mass is 229 g/mol. The highest BCUT2D eigenvalue weighted by Crippen LogP contribution is 2.28. The van der Waals surface area contributed by atoms with Crippen molar-refractivity contribution in [3.63, 3.8) is 0 Å². The molecule has 0 bridgehead atoms. The van der Waals surface area contributed by atoms with Crippen LogP contribution in [0, 0.1) is 0 Å². The molecule has 0 spiro atoms. The quantitative estimate of drug-likeness (QED) is 0.822. The lowest BCUT2D eigenvalue weighted by atomic mass is 10.2. The molecule has 2 rings (SSSR count). The van der Waals surface area contributed by atoms with E-state index in [9.17, 15) is 4.79 Å². The number of fused-ring (bicyclic) bond motifs is 1. The Bertz CT molecular complexity index is 474. The van der Waals surface area contributed by atoms with Crippen LogP contribution in [0.3, 0.4) is 0 Å². The number of hydrogen-bond donors (Lipinski definition) is 1. The first-order valence-corrected chi connectivity index (χ1v) is 5.63. The molecule has 0 aliphatic heterocycles. The topological polar surface area (TPSA) is 38.3 Å². The summed E-state index contributed by atoms with van der Waals surface area (Å²) < 4.78 is 4.97. The molecule has 17 heavy (non-hydrogen) atoms. The Morgan fingerprint density at radius 1 is 1.18 bits per heavy atom. The van der Waals surface area contributed by atoms with Crippen LogP contribution in [0.15, 0.2) is 36.4 Å². The molecule has 0 aromatic carbocycles. The average molecular weight is 229 g/mol. The Morgan fingerprint density at radius 2 is 1.76 bits per heavy atom. The normalized spacial score (nSPS) is 10.2. The Balaban J connectivity index is 2.38. The molecule has 2 aliphatic rings. The van der Waals surface area contributed by atoms with E-state index in [-0.39, 0.29) is 5.97 Å². The van der Waals surface area contributed by atoms with E-state index in [0.29, 0.717) is 12.2 Å². The minimum atomic E-state index is -0.279. The molecule has 1 N–H and O–H groups in total. The van der Waals surface area contributed by atoms with E-state index < -0.39 is 0 Å². The van der Waals surface area contributed by atoms with Crippen molar-refractivity contribution in [2.75, 3.05) is 19.0 Å². The van der Waals surface area contributed by atoms with E-state index in [1.54, 1.807) is 19.1 Å². The number of carbonyl (C=O) groups is 1. The number of nitrogens with one attached hydrogen (secondary N) is 1. The number of ether oxygens (including phenoxy) is 1. The Morgan fingerprint density at radius 3 is 2.24 bits per heavy atom. The van der Waals surface area contributed by atoms with E-state index in [1.165, 1.54) is 0 Å². The van der Waals surface area contributed by atoms with Crippen molar-refractivity contribution in [2.24, 2.45) is 0 Å². The molecule has 3 nitrogen and oxygen atoms in total. The Labute approximate surface area is 101 Å². The van der Waals surface area contributed by atoms with Crippen LogP contribution >= 0.6 is 0 Å². The van der Waals surface area contributed by atoms with Gasteiger partial charge < -0.3 is 10.1 Å². The van der Waals surface area contributed by atoms with Gasteiger partial charge in [-0.2, -0.15) is 0 Å². The van der Waals surface area contributed by atoms with Gasteiger partial charge in [0.2, 0.25) is 0 Å². The van der Waals surface area contributed by atoms with Gasteiger partial charge in [-0.25, -0.2) is 4.79 Å². The minimum Gasteiger partial charge on any atom is -0.462 e. The lowest BCUT2D eigenvalue weighted by Gasteiger charge is -1.97. The van der Waals surface area contributed by atoms with Gasteiger partial charge in [-0.1, -0.05) is 12.1 Å². The van der Waals surface area contributed by atoms with Crippen molar-refractivity contribution in [1.29, 1.82) is 0 Å². The average Bonchev–Trinajstić information content (AvgIpc) is 2.62. The third kappa shape index (κ3) is 2.38. The van der Waals surface area contributed by atoms with Crippen molar-refractivity contribution in [3.05, 3.63) is 42.0 Å². The molecule has 0 saturated heterocycles. The van der Waals surface area contributed by atoms with Crippen molar-refractivity contribution in [3.8, 4) is 11.1 Å². The molecule has 3 heteroatoms. The molecule has 0 radical (unpaired) electrons. The molecule has 0 atom stereocenters. The zero-order valence-corrected chi connectivity index (χ0v) is 9.99. The van der Waals surface area contributed by atoms with E-state index in [4.69, 9.17) is 4.74 Å². The van der Waals surface area contributed by atoms with Crippen LogP contribution in [0.4, 0.5) is 5.69 Å². The maximum atomic E-state index is 11.6. The van der Waals surface area contributed by atoms with Crippen LogP contribution < -0.4 is 5.32 Å². The number of esters is 1. The second-order valence-electron chi connectivity index (χ2n) is 3.75. The summed E-state index contributed by atoms with van der Waals surface area (Å²) >= 11 is 0. The summed E-state index contributed by atoms with van der Waals surface area (Å²) in [4.78, 5) is 11.6.